The van der Waals surface area contributed by atoms with Crippen LogP contribution in [0.1, 0.15) is 16.7 Å². The minimum atomic E-state index is -1.06. The number of carbonyl (C=O) groups excluding carboxylic acids is 2. The van der Waals surface area contributed by atoms with E-state index in [2.05, 4.69) is 4.99 Å². The molecular formula is C25H21ClN4O3. The van der Waals surface area contributed by atoms with E-state index in [0.29, 0.717) is 27.7 Å². The molecular weight excluding hydrogens is 440 g/mol. The van der Waals surface area contributed by atoms with Crippen LogP contribution in [0.4, 0.5) is 16.2 Å². The van der Waals surface area contributed by atoms with Gasteiger partial charge in [-0.3, -0.25) is 14.7 Å². The van der Waals surface area contributed by atoms with Gasteiger partial charge in [-0.15, -0.1) is 0 Å². The highest BCUT2D eigenvalue weighted by atomic mass is 35.5. The van der Waals surface area contributed by atoms with Crippen LogP contribution in [0.25, 0.3) is 0 Å². The molecule has 2 amide bonds. The van der Waals surface area contributed by atoms with E-state index >= 15 is 0 Å². The van der Waals surface area contributed by atoms with Crippen LogP contribution in [0.2, 0.25) is 5.02 Å². The Hall–Kier alpha value is -3.68. The van der Waals surface area contributed by atoms with Crippen molar-refractivity contribution in [1.29, 1.82) is 0 Å². The maximum absolute atomic E-state index is 13.1. The van der Waals surface area contributed by atoms with Crippen molar-refractivity contribution in [2.75, 3.05) is 22.9 Å². The summed E-state index contributed by atoms with van der Waals surface area (Å²) in [5.74, 6) is -0.321. The molecule has 0 saturated heterocycles. The van der Waals surface area contributed by atoms with E-state index in [1.165, 1.54) is 0 Å². The number of para-hydroxylation sites is 1. The third kappa shape index (κ3) is 3.97. The Bertz CT molecular complexity index is 1260. The van der Waals surface area contributed by atoms with Crippen molar-refractivity contribution in [3.63, 3.8) is 0 Å². The summed E-state index contributed by atoms with van der Waals surface area (Å²) in [6, 6.07) is 22.2. The van der Waals surface area contributed by atoms with Crippen molar-refractivity contribution < 1.29 is 14.3 Å². The van der Waals surface area contributed by atoms with E-state index in [1.54, 1.807) is 28.0 Å². The summed E-state index contributed by atoms with van der Waals surface area (Å²) in [6.07, 6.45) is -1.54. The molecule has 3 aromatic rings. The van der Waals surface area contributed by atoms with Crippen LogP contribution in [0.3, 0.4) is 0 Å². The number of aliphatic imine (C=N–C) groups is 1. The Balaban J connectivity index is 1.55. The van der Waals surface area contributed by atoms with Crippen molar-refractivity contribution >= 4 is 40.7 Å². The Kier molecular flexibility index (Phi) is 5.58. The van der Waals surface area contributed by atoms with Gasteiger partial charge in [0.25, 0.3) is 5.91 Å². The third-order valence-electron chi connectivity index (χ3n) is 5.69. The highest BCUT2D eigenvalue weighted by molar-refractivity contribution is 6.31. The van der Waals surface area contributed by atoms with Gasteiger partial charge in [-0.05, 0) is 23.8 Å². The van der Waals surface area contributed by atoms with Crippen LogP contribution in [-0.2, 0) is 16.1 Å². The number of halogens is 1. The molecule has 0 bridgehead atoms. The quantitative estimate of drug-likeness (QED) is 0.640. The summed E-state index contributed by atoms with van der Waals surface area (Å²) < 4.78 is 5.57. The van der Waals surface area contributed by atoms with Crippen LogP contribution < -0.4 is 15.5 Å². The zero-order valence-corrected chi connectivity index (χ0v) is 18.4. The largest absolute Gasteiger partial charge is 0.444 e. The molecule has 2 aliphatic heterocycles. The van der Waals surface area contributed by atoms with E-state index in [1.807, 2.05) is 54.6 Å². The van der Waals surface area contributed by atoms with Crippen molar-refractivity contribution in [2.45, 2.75) is 12.8 Å². The summed E-state index contributed by atoms with van der Waals surface area (Å²) >= 11 is 6.21. The molecule has 1 unspecified atom stereocenters. The molecule has 33 heavy (non-hydrogen) atoms. The van der Waals surface area contributed by atoms with Gasteiger partial charge >= 0.3 is 6.09 Å². The van der Waals surface area contributed by atoms with Gasteiger partial charge in [0.1, 0.15) is 6.61 Å². The lowest BCUT2D eigenvalue weighted by atomic mass is 9.98. The average molecular weight is 461 g/mol. The molecule has 2 heterocycles. The number of benzene rings is 3. The molecule has 0 saturated carbocycles. The Morgan fingerprint density at radius 3 is 2.64 bits per heavy atom. The summed E-state index contributed by atoms with van der Waals surface area (Å²) in [6.45, 7) is 0.734. The number of nitrogens with two attached hydrogens (primary N) is 1. The van der Waals surface area contributed by atoms with Gasteiger partial charge in [0.2, 0.25) is 0 Å². The molecule has 166 valence electrons. The second-order valence-corrected chi connectivity index (χ2v) is 8.22. The molecule has 0 aliphatic carbocycles. The van der Waals surface area contributed by atoms with Gasteiger partial charge in [-0.25, -0.2) is 4.79 Å². The van der Waals surface area contributed by atoms with Crippen molar-refractivity contribution in [2.24, 2.45) is 10.7 Å². The molecule has 1 atom stereocenters. The topological polar surface area (TPSA) is 88.2 Å². The summed E-state index contributed by atoms with van der Waals surface area (Å²) in [5.41, 5.74) is 10.2. The average Bonchev–Trinajstić information content (AvgIpc) is 2.95. The monoisotopic (exact) mass is 460 g/mol. The first-order chi connectivity index (χ1) is 16.0. The number of amides is 2. The van der Waals surface area contributed by atoms with Crippen LogP contribution in [0.5, 0.6) is 0 Å². The number of hydrogen-bond donors (Lipinski definition) is 1. The lowest BCUT2D eigenvalue weighted by Crippen LogP contribution is -2.50. The predicted molar refractivity (Wildman–Crippen MR) is 128 cm³/mol. The van der Waals surface area contributed by atoms with Crippen LogP contribution >= 0.6 is 11.6 Å². The first-order valence-electron chi connectivity index (χ1n) is 10.6. The maximum Gasteiger partial charge on any atom is 0.414 e. The van der Waals surface area contributed by atoms with E-state index in [9.17, 15) is 9.59 Å². The fourth-order valence-corrected chi connectivity index (χ4v) is 4.34. The van der Waals surface area contributed by atoms with Gasteiger partial charge in [0.15, 0.2) is 6.17 Å². The number of nitrogens with zero attached hydrogens (tertiary/aromatic N) is 3. The Labute approximate surface area is 196 Å². The second kappa shape index (κ2) is 8.69. The summed E-state index contributed by atoms with van der Waals surface area (Å²) in [5, 5.41) is 0.548. The normalized spacial score (nSPS) is 17.2. The van der Waals surface area contributed by atoms with Crippen LogP contribution in [0.15, 0.2) is 77.8 Å². The highest BCUT2D eigenvalue weighted by Crippen LogP contribution is 2.40. The SMILES string of the molecule is NC1N=C(c2cccc(Cl)c2)c2cccc3c2N(CCN3C(=O)OCc2ccccc2)C1=O. The molecule has 0 radical (unpaired) electrons. The van der Waals surface area contributed by atoms with Crippen molar-refractivity contribution in [3.05, 3.63) is 94.5 Å². The minimum Gasteiger partial charge on any atom is -0.444 e. The number of anilines is 2. The summed E-state index contributed by atoms with van der Waals surface area (Å²) in [4.78, 5) is 33.8. The molecule has 2 aliphatic rings. The molecule has 2 N–H and O–H groups in total. The molecule has 3 aromatic carbocycles. The van der Waals surface area contributed by atoms with Gasteiger partial charge in [-0.2, -0.15) is 0 Å². The van der Waals surface area contributed by atoms with Crippen LogP contribution in [-0.4, -0.2) is 37.0 Å². The lowest BCUT2D eigenvalue weighted by Gasteiger charge is -2.36. The van der Waals surface area contributed by atoms with Crippen LogP contribution in [0, 0.1) is 0 Å². The third-order valence-corrected chi connectivity index (χ3v) is 5.92. The molecule has 7 nitrogen and oxygen atoms in total. The number of hydrogen-bond acceptors (Lipinski definition) is 5. The molecule has 8 heteroatoms. The van der Waals surface area contributed by atoms with Gasteiger partial charge < -0.3 is 15.4 Å². The zero-order valence-electron chi connectivity index (χ0n) is 17.6. The van der Waals surface area contributed by atoms with E-state index in [4.69, 9.17) is 22.1 Å². The zero-order chi connectivity index (χ0) is 22.9. The van der Waals surface area contributed by atoms with Gasteiger partial charge in [0, 0.05) is 29.2 Å². The summed E-state index contributed by atoms with van der Waals surface area (Å²) in [7, 11) is 0. The van der Waals surface area contributed by atoms with Crippen molar-refractivity contribution in [1.82, 2.24) is 0 Å². The second-order valence-electron chi connectivity index (χ2n) is 7.79. The fourth-order valence-electron chi connectivity index (χ4n) is 4.15. The van der Waals surface area contributed by atoms with Crippen molar-refractivity contribution in [3.8, 4) is 0 Å². The minimum absolute atomic E-state index is 0.161. The van der Waals surface area contributed by atoms with Gasteiger partial charge in [-0.1, -0.05) is 66.2 Å². The van der Waals surface area contributed by atoms with E-state index < -0.39 is 12.3 Å². The fraction of sp³-hybridized carbons (Fsp3) is 0.160. The highest BCUT2D eigenvalue weighted by Gasteiger charge is 2.37. The first-order valence-corrected chi connectivity index (χ1v) is 10.9. The van der Waals surface area contributed by atoms with E-state index in [0.717, 1.165) is 11.1 Å². The number of carbonyl (C=O) groups is 2. The molecule has 5 rings (SSSR count). The number of ether oxygens (including phenoxy) is 1. The molecule has 0 aromatic heterocycles. The Morgan fingerprint density at radius 1 is 1.06 bits per heavy atom. The predicted octanol–water partition coefficient (Wildman–Crippen LogP) is 3.97. The number of rotatable bonds is 3. The maximum atomic E-state index is 13.1. The van der Waals surface area contributed by atoms with Gasteiger partial charge in [0.05, 0.1) is 17.1 Å². The smallest absolute Gasteiger partial charge is 0.414 e. The van der Waals surface area contributed by atoms with E-state index in [-0.39, 0.29) is 25.6 Å². The lowest BCUT2D eigenvalue weighted by molar-refractivity contribution is -0.119. The Morgan fingerprint density at radius 2 is 1.85 bits per heavy atom. The molecule has 0 spiro atoms. The first kappa shape index (κ1) is 21.2. The molecule has 0 fully saturated rings. The standard InChI is InChI=1S/C25H21ClN4O3/c26-18-9-4-8-17(14-18)21-19-10-5-11-20-22(19)30(24(31)23(27)28-21)13-12-29(20)25(32)33-15-16-6-2-1-3-7-16/h1-11,14,23H,12-13,15,27H2.